The molecule has 0 saturated carbocycles. The molecule has 0 radical (unpaired) electrons. The Morgan fingerprint density at radius 2 is 1.17 bits per heavy atom. The second-order valence-corrected chi connectivity index (χ2v) is 7.24. The van der Waals surface area contributed by atoms with Gasteiger partial charge in [0.15, 0.2) is 0 Å². The van der Waals surface area contributed by atoms with E-state index in [0.717, 1.165) is 22.8 Å². The van der Waals surface area contributed by atoms with Crippen molar-refractivity contribution in [1.29, 1.82) is 10.5 Å². The Labute approximate surface area is 168 Å². The largest absolute Gasteiger partial charge is 0.241 e. The first-order chi connectivity index (χ1) is 14.0. The molecule has 0 spiro atoms. The lowest BCUT2D eigenvalue weighted by atomic mass is 9.86. The average Bonchev–Trinajstić information content (AvgIpc) is 3.44. The Balaban J connectivity index is 1.66. The monoisotopic (exact) mass is 378 g/mol. The summed E-state index contributed by atoms with van der Waals surface area (Å²) in [5, 5.41) is 27.7. The number of hydrogen-bond donors (Lipinski definition) is 0. The topological polar surface area (TPSA) is 83.2 Å². The third-order valence-corrected chi connectivity index (χ3v) is 4.94. The van der Waals surface area contributed by atoms with Gasteiger partial charge in [0.05, 0.1) is 51.4 Å². The first kappa shape index (κ1) is 18.2. The minimum atomic E-state index is -0.420. The lowest BCUT2D eigenvalue weighted by molar-refractivity contribution is 0.576. The van der Waals surface area contributed by atoms with Crippen molar-refractivity contribution in [3.8, 4) is 23.5 Å². The van der Waals surface area contributed by atoms with E-state index in [-0.39, 0.29) is 0 Å². The van der Waals surface area contributed by atoms with Crippen LogP contribution in [0, 0.1) is 22.7 Å². The molecule has 0 aliphatic carbocycles. The molecule has 0 saturated heterocycles. The van der Waals surface area contributed by atoms with Gasteiger partial charge in [-0.15, -0.1) is 0 Å². The van der Waals surface area contributed by atoms with Crippen LogP contribution < -0.4 is 0 Å². The van der Waals surface area contributed by atoms with Gasteiger partial charge < -0.3 is 0 Å². The van der Waals surface area contributed by atoms with Crippen LogP contribution >= 0.6 is 0 Å². The van der Waals surface area contributed by atoms with Gasteiger partial charge in [0.2, 0.25) is 0 Å². The molecule has 0 aliphatic rings. The van der Waals surface area contributed by atoms with Crippen molar-refractivity contribution < 1.29 is 0 Å². The van der Waals surface area contributed by atoms with E-state index in [1.807, 2.05) is 48.8 Å². The van der Waals surface area contributed by atoms with Crippen LogP contribution in [0.15, 0.2) is 73.1 Å². The molecule has 2 heterocycles. The van der Waals surface area contributed by atoms with Crippen molar-refractivity contribution in [3.05, 3.63) is 95.6 Å². The summed E-state index contributed by atoms with van der Waals surface area (Å²) in [5.74, 6) is 0. The maximum absolute atomic E-state index is 9.11. The molecule has 0 amide bonds. The van der Waals surface area contributed by atoms with Gasteiger partial charge in [-0.2, -0.15) is 20.7 Å². The van der Waals surface area contributed by atoms with Crippen LogP contribution in [0.2, 0.25) is 0 Å². The molecule has 6 heteroatoms. The fourth-order valence-corrected chi connectivity index (χ4v) is 3.17. The molecule has 0 atom stereocenters. The van der Waals surface area contributed by atoms with E-state index >= 15 is 0 Å². The van der Waals surface area contributed by atoms with Gasteiger partial charge >= 0.3 is 0 Å². The molecular formula is C23H18N6. The minimum Gasteiger partial charge on any atom is -0.241 e. The van der Waals surface area contributed by atoms with Crippen LogP contribution in [0.5, 0.6) is 0 Å². The lowest BCUT2D eigenvalue weighted by Gasteiger charge is -2.19. The highest BCUT2D eigenvalue weighted by Gasteiger charge is 2.29. The second-order valence-electron chi connectivity index (χ2n) is 7.24. The molecule has 2 aromatic carbocycles. The highest BCUT2D eigenvalue weighted by atomic mass is 15.3. The second kappa shape index (κ2) is 7.10. The molecular weight excluding hydrogens is 360 g/mol. The molecule has 0 N–H and O–H groups in total. The zero-order valence-electron chi connectivity index (χ0n) is 16.1. The third-order valence-electron chi connectivity index (χ3n) is 4.94. The van der Waals surface area contributed by atoms with Crippen molar-refractivity contribution >= 4 is 0 Å². The van der Waals surface area contributed by atoms with Crippen LogP contribution in [0.1, 0.15) is 36.4 Å². The normalized spacial score (nSPS) is 11.0. The zero-order valence-corrected chi connectivity index (χ0v) is 16.1. The van der Waals surface area contributed by atoms with Crippen molar-refractivity contribution in [2.75, 3.05) is 0 Å². The zero-order chi connectivity index (χ0) is 20.4. The number of hydrogen-bond acceptors (Lipinski definition) is 4. The van der Waals surface area contributed by atoms with E-state index in [9.17, 15) is 0 Å². The average molecular weight is 378 g/mol. The highest BCUT2D eigenvalue weighted by molar-refractivity contribution is 5.43. The third kappa shape index (κ3) is 3.40. The fourth-order valence-electron chi connectivity index (χ4n) is 3.17. The highest BCUT2D eigenvalue weighted by Crippen LogP contribution is 2.30. The maximum Gasteiger partial charge on any atom is 0.0992 e. The van der Waals surface area contributed by atoms with E-state index in [1.54, 1.807) is 33.6 Å². The van der Waals surface area contributed by atoms with Crippen molar-refractivity contribution in [2.24, 2.45) is 0 Å². The van der Waals surface area contributed by atoms with Gasteiger partial charge in [0, 0.05) is 12.4 Å². The summed E-state index contributed by atoms with van der Waals surface area (Å²) < 4.78 is 3.54. The Hall–Kier alpha value is -4.16. The molecule has 29 heavy (non-hydrogen) atoms. The van der Waals surface area contributed by atoms with Gasteiger partial charge in [-0.3, -0.25) is 0 Å². The fraction of sp³-hybridized carbons (Fsp3) is 0.130. The minimum absolute atomic E-state index is 0.420. The van der Waals surface area contributed by atoms with Gasteiger partial charge in [-0.25, -0.2) is 9.36 Å². The van der Waals surface area contributed by atoms with E-state index < -0.39 is 5.41 Å². The molecule has 4 rings (SSSR count). The van der Waals surface area contributed by atoms with Crippen LogP contribution in [0.3, 0.4) is 0 Å². The smallest absolute Gasteiger partial charge is 0.0992 e. The molecule has 0 fully saturated rings. The van der Waals surface area contributed by atoms with Gasteiger partial charge in [-0.05, 0) is 62.4 Å². The van der Waals surface area contributed by atoms with E-state index in [0.29, 0.717) is 11.1 Å². The number of benzene rings is 2. The van der Waals surface area contributed by atoms with Gasteiger partial charge in [0.1, 0.15) is 0 Å². The summed E-state index contributed by atoms with van der Waals surface area (Å²) in [5.41, 5.74) is 4.19. The van der Waals surface area contributed by atoms with E-state index in [1.165, 1.54) is 0 Å². The summed E-state index contributed by atoms with van der Waals surface area (Å²) in [4.78, 5) is 0. The molecule has 140 valence electrons. The number of rotatable bonds is 4. The Morgan fingerprint density at radius 1 is 0.724 bits per heavy atom. The van der Waals surface area contributed by atoms with Gasteiger partial charge in [-0.1, -0.05) is 12.1 Å². The van der Waals surface area contributed by atoms with E-state index in [4.69, 9.17) is 20.7 Å². The first-order valence-corrected chi connectivity index (χ1v) is 9.14. The van der Waals surface area contributed by atoms with Crippen molar-refractivity contribution in [1.82, 2.24) is 19.6 Å². The van der Waals surface area contributed by atoms with Crippen LogP contribution in [0.4, 0.5) is 0 Å². The number of aromatic nitrogens is 4. The predicted molar refractivity (Wildman–Crippen MR) is 109 cm³/mol. The number of nitrogens with zero attached hydrogens (tertiary/aromatic N) is 6. The Morgan fingerprint density at radius 3 is 1.59 bits per heavy atom. The molecule has 4 aromatic rings. The molecule has 0 aliphatic heterocycles. The maximum atomic E-state index is 9.11. The summed E-state index contributed by atoms with van der Waals surface area (Å²) in [6.45, 7) is 4.15. The molecule has 0 unspecified atom stereocenters. The summed E-state index contributed by atoms with van der Waals surface area (Å²) in [6, 6.07) is 22.9. The molecule has 6 nitrogen and oxygen atoms in total. The Bertz CT molecular complexity index is 1170. The first-order valence-electron chi connectivity index (χ1n) is 9.14. The SMILES string of the molecule is CC(C)(c1ccn(-c2cccc(C#N)c2)n1)c1ccn(-c2cccc(C#N)c2)n1. The van der Waals surface area contributed by atoms with Gasteiger partial charge in [0.25, 0.3) is 0 Å². The van der Waals surface area contributed by atoms with Crippen molar-refractivity contribution in [3.63, 3.8) is 0 Å². The Kier molecular flexibility index (Phi) is 4.46. The lowest BCUT2D eigenvalue weighted by Crippen LogP contribution is -2.21. The molecule has 2 aromatic heterocycles. The summed E-state index contributed by atoms with van der Waals surface area (Å²) in [6.07, 6.45) is 3.78. The van der Waals surface area contributed by atoms with E-state index in [2.05, 4.69) is 26.0 Å². The van der Waals surface area contributed by atoms with Crippen LogP contribution in [-0.2, 0) is 5.41 Å². The molecule has 0 bridgehead atoms. The number of nitriles is 2. The summed E-state index contributed by atoms with van der Waals surface area (Å²) >= 11 is 0. The predicted octanol–water partition coefficient (Wildman–Crippen LogP) is 4.13. The van der Waals surface area contributed by atoms with Crippen LogP contribution in [0.25, 0.3) is 11.4 Å². The summed E-state index contributed by atoms with van der Waals surface area (Å²) in [7, 11) is 0. The van der Waals surface area contributed by atoms with Crippen LogP contribution in [-0.4, -0.2) is 19.6 Å². The standard InChI is InChI=1S/C23H18N6/c1-23(2,21-9-11-28(26-21)19-7-3-5-17(13-19)15-24)22-10-12-29(27-22)20-8-4-6-18(14-20)16-25/h3-14H,1-2H3. The van der Waals surface area contributed by atoms with Crippen molar-refractivity contribution in [2.45, 2.75) is 19.3 Å². The quantitative estimate of drug-likeness (QED) is 0.535.